The molecule has 0 N–H and O–H groups in total. The van der Waals surface area contributed by atoms with Crippen molar-refractivity contribution in [2.75, 3.05) is 4.90 Å². The van der Waals surface area contributed by atoms with Crippen molar-refractivity contribution in [3.63, 3.8) is 0 Å². The van der Waals surface area contributed by atoms with E-state index in [0.29, 0.717) is 21.4 Å². The minimum atomic E-state index is -0.471. The molecule has 0 spiro atoms. The Balaban J connectivity index is 1.79. The van der Waals surface area contributed by atoms with Gasteiger partial charge < -0.3 is 4.42 Å². The second-order valence-electron chi connectivity index (χ2n) is 5.56. The number of rotatable bonds is 4. The van der Waals surface area contributed by atoms with Gasteiger partial charge in [0.05, 0.1) is 22.5 Å². The van der Waals surface area contributed by atoms with E-state index in [1.807, 2.05) is 12.1 Å². The molecule has 4 aromatic rings. The molecule has 0 radical (unpaired) electrons. The molecule has 0 aliphatic carbocycles. The second kappa shape index (κ2) is 6.90. The minimum Gasteiger partial charge on any atom is -0.467 e. The Morgan fingerprint density at radius 1 is 1.19 bits per heavy atom. The van der Waals surface area contributed by atoms with Crippen LogP contribution in [0.3, 0.4) is 0 Å². The second-order valence-corrected chi connectivity index (χ2v) is 6.98. The van der Waals surface area contributed by atoms with E-state index in [4.69, 9.17) is 16.0 Å². The van der Waals surface area contributed by atoms with Gasteiger partial charge in [0.2, 0.25) is 0 Å². The highest BCUT2D eigenvalue weighted by atomic mass is 35.5. The third-order valence-corrected chi connectivity index (χ3v) is 5.15. The molecule has 26 heavy (non-hydrogen) atoms. The minimum absolute atomic E-state index is 0.180. The monoisotopic (exact) mass is 386 g/mol. The van der Waals surface area contributed by atoms with Crippen LogP contribution in [0.4, 0.5) is 9.52 Å². The van der Waals surface area contributed by atoms with Crippen molar-refractivity contribution in [2.45, 2.75) is 6.54 Å². The van der Waals surface area contributed by atoms with E-state index >= 15 is 0 Å². The summed E-state index contributed by atoms with van der Waals surface area (Å²) in [6, 6.07) is 14.6. The largest absolute Gasteiger partial charge is 0.467 e. The molecule has 0 saturated carbocycles. The number of nitrogens with zero attached hydrogens (tertiary/aromatic N) is 2. The third-order valence-electron chi connectivity index (χ3n) is 3.80. The number of halogens is 2. The summed E-state index contributed by atoms with van der Waals surface area (Å²) in [7, 11) is 0. The van der Waals surface area contributed by atoms with Gasteiger partial charge in [-0.3, -0.25) is 9.69 Å². The Morgan fingerprint density at radius 3 is 2.77 bits per heavy atom. The number of carbonyl (C=O) groups is 1. The van der Waals surface area contributed by atoms with Crippen LogP contribution < -0.4 is 4.90 Å². The number of para-hydroxylation sites is 1. The number of hydrogen-bond donors (Lipinski definition) is 0. The zero-order valence-electron chi connectivity index (χ0n) is 13.4. The molecule has 0 bridgehead atoms. The molecule has 0 fully saturated rings. The zero-order chi connectivity index (χ0) is 18.1. The number of aromatic nitrogens is 1. The van der Waals surface area contributed by atoms with Crippen LogP contribution in [0.15, 0.2) is 65.3 Å². The first kappa shape index (κ1) is 16.8. The molecule has 0 saturated heterocycles. The molecule has 2 aromatic carbocycles. The van der Waals surface area contributed by atoms with Crippen LogP contribution in [-0.4, -0.2) is 10.9 Å². The number of carbonyl (C=O) groups excluding carboxylic acids is 1. The number of hydrogen-bond acceptors (Lipinski definition) is 4. The lowest BCUT2D eigenvalue weighted by Crippen LogP contribution is -2.30. The molecule has 4 rings (SSSR count). The number of benzene rings is 2. The van der Waals surface area contributed by atoms with Crippen LogP contribution in [0.1, 0.15) is 16.1 Å². The first-order valence-corrected chi connectivity index (χ1v) is 8.96. The molecule has 4 nitrogen and oxygen atoms in total. The van der Waals surface area contributed by atoms with E-state index < -0.39 is 5.82 Å². The highest BCUT2D eigenvalue weighted by Crippen LogP contribution is 2.34. The van der Waals surface area contributed by atoms with E-state index in [2.05, 4.69) is 4.98 Å². The molecule has 1 amide bonds. The fourth-order valence-electron chi connectivity index (χ4n) is 2.58. The molecule has 2 aromatic heterocycles. The van der Waals surface area contributed by atoms with Crippen LogP contribution >= 0.6 is 22.9 Å². The maximum Gasteiger partial charge on any atom is 0.260 e. The molecule has 0 unspecified atom stereocenters. The van der Waals surface area contributed by atoms with Crippen molar-refractivity contribution in [1.82, 2.24) is 4.98 Å². The average molecular weight is 387 g/mol. The van der Waals surface area contributed by atoms with Gasteiger partial charge in [0, 0.05) is 5.56 Å². The van der Waals surface area contributed by atoms with Crippen LogP contribution in [0.5, 0.6) is 0 Å². The van der Waals surface area contributed by atoms with Gasteiger partial charge in [-0.05, 0) is 42.5 Å². The average Bonchev–Trinajstić information content (AvgIpc) is 3.29. The van der Waals surface area contributed by atoms with E-state index in [0.717, 1.165) is 4.70 Å². The van der Waals surface area contributed by atoms with E-state index in [-0.39, 0.29) is 18.0 Å². The van der Waals surface area contributed by atoms with Gasteiger partial charge >= 0.3 is 0 Å². The lowest BCUT2D eigenvalue weighted by atomic mass is 10.2. The predicted molar refractivity (Wildman–Crippen MR) is 100 cm³/mol. The molecular weight excluding hydrogens is 375 g/mol. The Kier molecular flexibility index (Phi) is 4.44. The molecule has 7 heteroatoms. The van der Waals surface area contributed by atoms with Crippen molar-refractivity contribution >= 4 is 44.2 Å². The lowest BCUT2D eigenvalue weighted by molar-refractivity contribution is 0.0983. The van der Waals surface area contributed by atoms with Crippen LogP contribution in [-0.2, 0) is 6.54 Å². The maximum absolute atomic E-state index is 13.6. The predicted octanol–water partition coefficient (Wildman–Crippen LogP) is 5.53. The third kappa shape index (κ3) is 3.21. The van der Waals surface area contributed by atoms with Crippen molar-refractivity contribution in [1.29, 1.82) is 0 Å². The van der Waals surface area contributed by atoms with Gasteiger partial charge in [-0.15, -0.1) is 0 Å². The quantitative estimate of drug-likeness (QED) is 0.463. The Bertz CT molecular complexity index is 1080. The molecule has 0 aliphatic rings. The van der Waals surface area contributed by atoms with Gasteiger partial charge in [0.1, 0.15) is 17.1 Å². The number of anilines is 1. The first-order valence-electron chi connectivity index (χ1n) is 7.77. The van der Waals surface area contributed by atoms with E-state index in [9.17, 15) is 9.18 Å². The van der Waals surface area contributed by atoms with E-state index in [1.54, 1.807) is 24.3 Å². The SMILES string of the molecule is O=C(c1cccc(F)c1)N(Cc1ccco1)c1nc2c(Cl)cccc2s1. The van der Waals surface area contributed by atoms with Crippen LogP contribution in [0, 0.1) is 5.82 Å². The van der Waals surface area contributed by atoms with Crippen LogP contribution in [0.2, 0.25) is 5.02 Å². The summed E-state index contributed by atoms with van der Waals surface area (Å²) in [6.45, 7) is 0.180. The highest BCUT2D eigenvalue weighted by Gasteiger charge is 2.23. The van der Waals surface area contributed by atoms with Gasteiger partial charge in [-0.1, -0.05) is 35.1 Å². The van der Waals surface area contributed by atoms with Crippen molar-refractivity contribution in [3.8, 4) is 0 Å². The summed E-state index contributed by atoms with van der Waals surface area (Å²) >= 11 is 7.55. The normalized spacial score (nSPS) is 11.0. The summed E-state index contributed by atoms with van der Waals surface area (Å²) < 4.78 is 19.8. The smallest absolute Gasteiger partial charge is 0.260 e. The first-order chi connectivity index (χ1) is 12.6. The lowest BCUT2D eigenvalue weighted by Gasteiger charge is -2.18. The fraction of sp³-hybridized carbons (Fsp3) is 0.0526. The highest BCUT2D eigenvalue weighted by molar-refractivity contribution is 7.22. The van der Waals surface area contributed by atoms with Crippen molar-refractivity contribution in [3.05, 3.63) is 83.0 Å². The Morgan fingerprint density at radius 2 is 2.04 bits per heavy atom. The Hall–Kier alpha value is -2.70. The van der Waals surface area contributed by atoms with Gasteiger partial charge in [0.25, 0.3) is 5.91 Å². The summed E-state index contributed by atoms with van der Waals surface area (Å²) in [6.07, 6.45) is 1.54. The van der Waals surface area contributed by atoms with Crippen molar-refractivity contribution < 1.29 is 13.6 Å². The van der Waals surface area contributed by atoms with Crippen LogP contribution in [0.25, 0.3) is 10.2 Å². The summed E-state index contributed by atoms with van der Waals surface area (Å²) in [4.78, 5) is 19.0. The number of amides is 1. The standard InChI is InChI=1S/C19H12ClFN2O2S/c20-15-7-2-8-16-17(15)22-19(26-16)23(11-14-6-3-9-25-14)18(24)12-4-1-5-13(21)10-12/h1-10H,11H2. The molecule has 0 aliphatic heterocycles. The zero-order valence-corrected chi connectivity index (χ0v) is 14.9. The van der Waals surface area contributed by atoms with Gasteiger partial charge in [0.15, 0.2) is 5.13 Å². The van der Waals surface area contributed by atoms with Crippen molar-refractivity contribution in [2.24, 2.45) is 0 Å². The Labute approximate surface area is 157 Å². The maximum atomic E-state index is 13.6. The summed E-state index contributed by atoms with van der Waals surface area (Å²) in [5.74, 6) is -0.239. The number of fused-ring (bicyclic) bond motifs is 1. The van der Waals surface area contributed by atoms with Gasteiger partial charge in [-0.25, -0.2) is 9.37 Å². The summed E-state index contributed by atoms with van der Waals surface area (Å²) in [5.41, 5.74) is 0.868. The number of thiazole rings is 1. The summed E-state index contributed by atoms with van der Waals surface area (Å²) in [5, 5.41) is 0.986. The van der Waals surface area contributed by atoms with E-state index in [1.165, 1.54) is 40.7 Å². The molecule has 130 valence electrons. The molecular formula is C19H12ClFN2O2S. The topological polar surface area (TPSA) is 46.3 Å². The number of furan rings is 1. The molecule has 0 atom stereocenters. The van der Waals surface area contributed by atoms with Gasteiger partial charge in [-0.2, -0.15) is 0 Å². The molecule has 2 heterocycles. The fourth-order valence-corrected chi connectivity index (χ4v) is 3.84.